The maximum Gasteiger partial charge on any atom is 0.151 e. The molecule has 2 heterocycles. The van der Waals surface area contributed by atoms with Gasteiger partial charge in [0, 0.05) is 45.2 Å². The number of aryl methyl sites for hydroxylation is 1. The van der Waals surface area contributed by atoms with E-state index in [0.717, 1.165) is 30.6 Å². The van der Waals surface area contributed by atoms with Crippen LogP contribution in [0.15, 0.2) is 6.33 Å². The Morgan fingerprint density at radius 1 is 1.29 bits per heavy atom. The highest BCUT2D eigenvalue weighted by Crippen LogP contribution is 2.35. The quantitative estimate of drug-likeness (QED) is 0.892. The lowest BCUT2D eigenvalue weighted by Gasteiger charge is -2.49. The number of fused-ring (bicyclic) bond motifs is 2. The van der Waals surface area contributed by atoms with Crippen molar-refractivity contribution in [3.8, 4) is 0 Å². The summed E-state index contributed by atoms with van der Waals surface area (Å²) >= 11 is 0. The summed E-state index contributed by atoms with van der Waals surface area (Å²) in [6.45, 7) is 8.21. The summed E-state index contributed by atoms with van der Waals surface area (Å²) in [5.41, 5.74) is 0. The van der Waals surface area contributed by atoms with Crippen molar-refractivity contribution >= 4 is 0 Å². The average molecular weight is 291 g/mol. The molecule has 21 heavy (non-hydrogen) atoms. The first-order valence-corrected chi connectivity index (χ1v) is 8.45. The van der Waals surface area contributed by atoms with Crippen molar-refractivity contribution in [3.63, 3.8) is 0 Å². The first-order chi connectivity index (χ1) is 10.1. The number of rotatable bonds is 5. The van der Waals surface area contributed by atoms with Crippen LogP contribution in [0.25, 0.3) is 0 Å². The van der Waals surface area contributed by atoms with Crippen molar-refractivity contribution in [2.75, 3.05) is 19.6 Å². The first kappa shape index (κ1) is 15.0. The van der Waals surface area contributed by atoms with Gasteiger partial charge in [-0.05, 0) is 38.5 Å². The van der Waals surface area contributed by atoms with Gasteiger partial charge in [-0.2, -0.15) is 5.10 Å². The number of piperidine rings is 1. The van der Waals surface area contributed by atoms with Crippen LogP contribution in [0.5, 0.6) is 0 Å². The van der Waals surface area contributed by atoms with Crippen molar-refractivity contribution in [2.24, 2.45) is 18.9 Å². The van der Waals surface area contributed by atoms with Gasteiger partial charge in [0.2, 0.25) is 0 Å². The van der Waals surface area contributed by atoms with Gasteiger partial charge in [-0.25, -0.2) is 4.98 Å². The zero-order chi connectivity index (χ0) is 14.8. The molecule has 0 aromatic carbocycles. The van der Waals surface area contributed by atoms with Crippen LogP contribution in [-0.4, -0.2) is 51.4 Å². The summed E-state index contributed by atoms with van der Waals surface area (Å²) in [5.74, 6) is 2.61. The topological polar surface area (TPSA) is 46.0 Å². The second-order valence-electron chi connectivity index (χ2n) is 7.06. The van der Waals surface area contributed by atoms with E-state index >= 15 is 0 Å². The minimum Gasteiger partial charge on any atom is -0.313 e. The molecule has 1 aromatic heterocycles. The Balaban J connectivity index is 1.53. The average Bonchev–Trinajstić information content (AvgIpc) is 2.83. The summed E-state index contributed by atoms with van der Waals surface area (Å²) in [6.07, 6.45) is 6.91. The van der Waals surface area contributed by atoms with E-state index in [1.165, 1.54) is 32.4 Å². The third kappa shape index (κ3) is 3.46. The number of nitrogens with zero attached hydrogens (tertiary/aromatic N) is 4. The predicted octanol–water partition coefficient (Wildman–Crippen LogP) is 1.46. The Bertz CT molecular complexity index is 441. The standard InChI is InChI=1S/C16H29N5/c1-12(2)21-9-13-5-4-6-14(10-21)16(13)17-8-7-15-18-11-20(3)19-15/h11-14,16-17H,4-10H2,1-3H3. The number of hydrogen-bond donors (Lipinski definition) is 1. The Kier molecular flexibility index (Phi) is 4.60. The maximum absolute atomic E-state index is 4.36. The smallest absolute Gasteiger partial charge is 0.151 e. The maximum atomic E-state index is 4.36. The van der Waals surface area contributed by atoms with E-state index in [4.69, 9.17) is 0 Å². The Hall–Kier alpha value is -0.940. The molecule has 1 N–H and O–H groups in total. The molecule has 0 radical (unpaired) electrons. The molecule has 1 aliphatic heterocycles. The van der Waals surface area contributed by atoms with E-state index in [1.807, 2.05) is 7.05 Å². The van der Waals surface area contributed by atoms with Crippen LogP contribution in [0.3, 0.4) is 0 Å². The van der Waals surface area contributed by atoms with Crippen LogP contribution < -0.4 is 5.32 Å². The fourth-order valence-corrected chi connectivity index (χ4v) is 4.08. The SMILES string of the molecule is CC(C)N1CC2CCCC(C1)C2NCCc1ncn(C)n1. The van der Waals surface area contributed by atoms with Gasteiger partial charge < -0.3 is 10.2 Å². The summed E-state index contributed by atoms with van der Waals surface area (Å²) in [4.78, 5) is 6.98. The van der Waals surface area contributed by atoms with Gasteiger partial charge in [0.05, 0.1) is 0 Å². The largest absolute Gasteiger partial charge is 0.313 e. The zero-order valence-electron chi connectivity index (χ0n) is 13.6. The van der Waals surface area contributed by atoms with Crippen molar-refractivity contribution in [1.82, 2.24) is 25.0 Å². The van der Waals surface area contributed by atoms with E-state index in [1.54, 1.807) is 11.0 Å². The summed E-state index contributed by atoms with van der Waals surface area (Å²) in [6, 6.07) is 1.39. The Morgan fingerprint density at radius 2 is 2.00 bits per heavy atom. The highest BCUT2D eigenvalue weighted by atomic mass is 15.3. The molecule has 2 unspecified atom stereocenters. The van der Waals surface area contributed by atoms with Gasteiger partial charge in [-0.3, -0.25) is 4.68 Å². The predicted molar refractivity (Wildman–Crippen MR) is 84.0 cm³/mol. The molecular formula is C16H29N5. The monoisotopic (exact) mass is 291 g/mol. The van der Waals surface area contributed by atoms with Crippen molar-refractivity contribution < 1.29 is 0 Å². The zero-order valence-corrected chi connectivity index (χ0v) is 13.6. The molecule has 1 aliphatic carbocycles. The molecule has 118 valence electrons. The first-order valence-electron chi connectivity index (χ1n) is 8.45. The fraction of sp³-hybridized carbons (Fsp3) is 0.875. The molecule has 1 aromatic rings. The van der Waals surface area contributed by atoms with Crippen molar-refractivity contribution in [3.05, 3.63) is 12.2 Å². The summed E-state index contributed by atoms with van der Waals surface area (Å²) in [5, 5.41) is 8.18. The van der Waals surface area contributed by atoms with Crippen LogP contribution in [0.2, 0.25) is 0 Å². The van der Waals surface area contributed by atoms with E-state index in [9.17, 15) is 0 Å². The van der Waals surface area contributed by atoms with E-state index in [2.05, 4.69) is 34.1 Å². The molecule has 1 saturated heterocycles. The molecule has 5 heteroatoms. The van der Waals surface area contributed by atoms with Crippen molar-refractivity contribution in [1.29, 1.82) is 0 Å². The molecule has 0 spiro atoms. The van der Waals surface area contributed by atoms with Gasteiger partial charge >= 0.3 is 0 Å². The summed E-state index contributed by atoms with van der Waals surface area (Å²) < 4.78 is 1.78. The second kappa shape index (κ2) is 6.44. The molecule has 2 bridgehead atoms. The van der Waals surface area contributed by atoms with E-state index < -0.39 is 0 Å². The molecule has 3 rings (SSSR count). The lowest BCUT2D eigenvalue weighted by atomic mass is 9.73. The third-order valence-corrected chi connectivity index (χ3v) is 5.21. The molecule has 5 nitrogen and oxygen atoms in total. The van der Waals surface area contributed by atoms with Crippen LogP contribution in [0.4, 0.5) is 0 Å². The van der Waals surface area contributed by atoms with E-state index in [-0.39, 0.29) is 0 Å². The Morgan fingerprint density at radius 3 is 2.57 bits per heavy atom. The van der Waals surface area contributed by atoms with Crippen LogP contribution in [0.1, 0.15) is 38.9 Å². The third-order valence-electron chi connectivity index (χ3n) is 5.21. The van der Waals surface area contributed by atoms with Gasteiger partial charge in [0.25, 0.3) is 0 Å². The molecule has 2 aliphatic rings. The highest BCUT2D eigenvalue weighted by molar-refractivity contribution is 4.96. The van der Waals surface area contributed by atoms with Gasteiger partial charge in [0.15, 0.2) is 5.82 Å². The van der Waals surface area contributed by atoms with E-state index in [0.29, 0.717) is 12.1 Å². The molecule has 0 amide bonds. The van der Waals surface area contributed by atoms with Crippen LogP contribution >= 0.6 is 0 Å². The van der Waals surface area contributed by atoms with Gasteiger partial charge in [0.1, 0.15) is 6.33 Å². The molecular weight excluding hydrogens is 262 g/mol. The minimum atomic E-state index is 0.687. The number of likely N-dealkylation sites (tertiary alicyclic amines) is 1. The number of nitrogens with one attached hydrogen (secondary N) is 1. The molecule has 1 saturated carbocycles. The van der Waals surface area contributed by atoms with Gasteiger partial charge in [-0.15, -0.1) is 0 Å². The highest BCUT2D eigenvalue weighted by Gasteiger charge is 2.39. The Labute approximate surface area is 128 Å². The number of hydrogen-bond acceptors (Lipinski definition) is 4. The fourth-order valence-electron chi connectivity index (χ4n) is 4.08. The van der Waals surface area contributed by atoms with Crippen LogP contribution in [-0.2, 0) is 13.5 Å². The number of aromatic nitrogens is 3. The normalized spacial score (nSPS) is 30.0. The van der Waals surface area contributed by atoms with Crippen LogP contribution in [0, 0.1) is 11.8 Å². The lowest BCUT2D eigenvalue weighted by molar-refractivity contribution is 0.0299. The lowest BCUT2D eigenvalue weighted by Crippen LogP contribution is -2.58. The minimum absolute atomic E-state index is 0.687. The molecule has 2 fully saturated rings. The van der Waals surface area contributed by atoms with Gasteiger partial charge in [-0.1, -0.05) is 6.42 Å². The second-order valence-corrected chi connectivity index (χ2v) is 7.06. The summed E-state index contributed by atoms with van der Waals surface area (Å²) in [7, 11) is 1.93. The van der Waals surface area contributed by atoms with Crippen molar-refractivity contribution in [2.45, 2.75) is 51.6 Å². The molecule has 2 atom stereocenters.